The van der Waals surface area contributed by atoms with Crippen LogP contribution in [0.1, 0.15) is 22.7 Å². The second-order valence-corrected chi connectivity index (χ2v) is 6.32. The lowest BCUT2D eigenvalue weighted by Crippen LogP contribution is -2.34. The average molecular weight is 391 g/mol. The fourth-order valence-corrected chi connectivity index (χ4v) is 2.70. The Hall–Kier alpha value is -3.80. The highest BCUT2D eigenvalue weighted by Crippen LogP contribution is 2.21. The van der Waals surface area contributed by atoms with E-state index in [1.165, 1.54) is 0 Å². The second kappa shape index (κ2) is 9.94. The van der Waals surface area contributed by atoms with Crippen LogP contribution in [0.4, 0.5) is 4.79 Å². The smallest absolute Gasteiger partial charge is 0.408 e. The first-order chi connectivity index (χ1) is 14.1. The minimum Gasteiger partial charge on any atom is -0.489 e. The number of nitrogens with one attached hydrogen (secondary N) is 1. The van der Waals surface area contributed by atoms with Gasteiger partial charge in [-0.3, -0.25) is 0 Å². The van der Waals surface area contributed by atoms with Crippen LogP contribution in [0.2, 0.25) is 0 Å². The van der Waals surface area contributed by atoms with Crippen LogP contribution in [0.3, 0.4) is 0 Å². The average Bonchev–Trinajstić information content (AvgIpc) is 2.76. The third-order valence-electron chi connectivity index (χ3n) is 4.16. The number of rotatable bonds is 8. The summed E-state index contributed by atoms with van der Waals surface area (Å²) in [5.41, 5.74) is 2.20. The number of ether oxygens (including phenoxy) is 2. The van der Waals surface area contributed by atoms with Crippen LogP contribution in [0, 0.1) is 0 Å². The molecule has 3 aromatic rings. The molecule has 148 valence electrons. The molecule has 0 saturated carbocycles. The van der Waals surface area contributed by atoms with Crippen molar-refractivity contribution in [1.29, 1.82) is 0 Å². The molecule has 0 aromatic heterocycles. The zero-order valence-electron chi connectivity index (χ0n) is 15.7. The molecule has 0 heterocycles. The second-order valence-electron chi connectivity index (χ2n) is 6.32. The minimum absolute atomic E-state index is 0.0548. The van der Waals surface area contributed by atoms with E-state index in [2.05, 4.69) is 5.32 Å². The van der Waals surface area contributed by atoms with Gasteiger partial charge >= 0.3 is 12.1 Å². The van der Waals surface area contributed by atoms with Crippen LogP contribution in [0.5, 0.6) is 5.75 Å². The van der Waals surface area contributed by atoms with Gasteiger partial charge in [0.2, 0.25) is 0 Å². The van der Waals surface area contributed by atoms with Crippen LogP contribution in [0.25, 0.3) is 0 Å². The van der Waals surface area contributed by atoms with E-state index < -0.39 is 18.1 Å². The zero-order chi connectivity index (χ0) is 20.5. The molecule has 1 unspecified atom stereocenters. The summed E-state index contributed by atoms with van der Waals surface area (Å²) in [6, 6.07) is 24.2. The summed E-state index contributed by atoms with van der Waals surface area (Å²) in [6.07, 6.45) is -0.808. The fourth-order valence-electron chi connectivity index (χ4n) is 2.70. The Morgan fingerprint density at radius 3 is 2.07 bits per heavy atom. The molecule has 3 aromatic carbocycles. The lowest BCUT2D eigenvalue weighted by atomic mass is 10.1. The number of hydrogen-bond donors (Lipinski definition) is 2. The van der Waals surface area contributed by atoms with E-state index >= 15 is 0 Å². The molecule has 6 heteroatoms. The summed E-state index contributed by atoms with van der Waals surface area (Å²) in [5, 5.41) is 11.9. The maximum absolute atomic E-state index is 12.1. The molecule has 0 radical (unpaired) electrons. The Labute approximate surface area is 168 Å². The van der Waals surface area contributed by atoms with Gasteiger partial charge in [0.1, 0.15) is 19.0 Å². The van der Waals surface area contributed by atoms with Crippen molar-refractivity contribution >= 4 is 12.1 Å². The topological polar surface area (TPSA) is 84.9 Å². The van der Waals surface area contributed by atoms with E-state index in [0.29, 0.717) is 17.9 Å². The number of hydrogen-bond acceptors (Lipinski definition) is 4. The van der Waals surface area contributed by atoms with Gasteiger partial charge in [0, 0.05) is 0 Å². The molecule has 3 rings (SSSR count). The largest absolute Gasteiger partial charge is 0.489 e. The molecular formula is C23H21NO5. The van der Waals surface area contributed by atoms with Crippen molar-refractivity contribution in [3.63, 3.8) is 0 Å². The van der Waals surface area contributed by atoms with Crippen molar-refractivity contribution in [1.82, 2.24) is 5.32 Å². The molecule has 0 aliphatic carbocycles. The van der Waals surface area contributed by atoms with Crippen LogP contribution in [-0.4, -0.2) is 17.2 Å². The highest BCUT2D eigenvalue weighted by atomic mass is 16.5. The maximum atomic E-state index is 12.1. The number of carboxylic acids is 1. The molecule has 0 aliphatic rings. The first kappa shape index (κ1) is 19.9. The first-order valence-electron chi connectivity index (χ1n) is 9.08. The standard InChI is InChI=1S/C23H21NO5/c25-22(26)21(24-23(27)29-16-18-10-5-2-6-11-18)19-12-7-13-20(14-19)28-15-17-8-3-1-4-9-17/h1-14,21H,15-16H2,(H,24,27)(H,25,26). The fraction of sp³-hybridized carbons (Fsp3) is 0.130. The predicted molar refractivity (Wildman–Crippen MR) is 107 cm³/mol. The van der Waals surface area contributed by atoms with Crippen molar-refractivity contribution in [2.45, 2.75) is 19.3 Å². The summed E-state index contributed by atoms with van der Waals surface area (Å²) in [4.78, 5) is 23.8. The van der Waals surface area contributed by atoms with Gasteiger partial charge < -0.3 is 19.9 Å². The van der Waals surface area contributed by atoms with Crippen molar-refractivity contribution in [2.75, 3.05) is 0 Å². The van der Waals surface area contributed by atoms with E-state index in [0.717, 1.165) is 11.1 Å². The number of carbonyl (C=O) groups excluding carboxylic acids is 1. The molecule has 0 bridgehead atoms. The Kier molecular flexibility index (Phi) is 6.84. The Morgan fingerprint density at radius 2 is 1.45 bits per heavy atom. The van der Waals surface area contributed by atoms with E-state index in [-0.39, 0.29) is 6.61 Å². The molecule has 0 fully saturated rings. The van der Waals surface area contributed by atoms with E-state index in [1.54, 1.807) is 24.3 Å². The first-order valence-corrected chi connectivity index (χ1v) is 9.08. The van der Waals surface area contributed by atoms with Crippen LogP contribution in [0.15, 0.2) is 84.9 Å². The van der Waals surface area contributed by atoms with Gasteiger partial charge in [-0.15, -0.1) is 0 Å². The molecule has 0 aliphatic heterocycles. The van der Waals surface area contributed by atoms with Crippen LogP contribution >= 0.6 is 0 Å². The van der Waals surface area contributed by atoms with Gasteiger partial charge in [0.25, 0.3) is 0 Å². The number of aliphatic carboxylic acids is 1. The predicted octanol–water partition coefficient (Wildman–Crippen LogP) is 4.32. The van der Waals surface area contributed by atoms with Crippen molar-refractivity contribution in [2.24, 2.45) is 0 Å². The van der Waals surface area contributed by atoms with Crippen LogP contribution < -0.4 is 10.1 Å². The Bertz CT molecular complexity index is 944. The Balaban J connectivity index is 1.62. The van der Waals surface area contributed by atoms with E-state index in [9.17, 15) is 14.7 Å². The van der Waals surface area contributed by atoms with Gasteiger partial charge in [-0.05, 0) is 28.8 Å². The SMILES string of the molecule is O=C(NC(C(=O)O)c1cccc(OCc2ccccc2)c1)OCc1ccccc1. The molecule has 6 nitrogen and oxygen atoms in total. The quantitative estimate of drug-likeness (QED) is 0.597. The molecule has 2 N–H and O–H groups in total. The lowest BCUT2D eigenvalue weighted by Gasteiger charge is -2.16. The van der Waals surface area contributed by atoms with Crippen molar-refractivity contribution < 1.29 is 24.2 Å². The molecule has 0 saturated heterocycles. The number of carbonyl (C=O) groups is 2. The third kappa shape index (κ3) is 6.10. The lowest BCUT2D eigenvalue weighted by molar-refractivity contribution is -0.139. The molecule has 1 amide bonds. The van der Waals surface area contributed by atoms with Gasteiger partial charge in [-0.2, -0.15) is 0 Å². The number of carboxylic acid groups (broad SMARTS) is 1. The highest BCUT2D eigenvalue weighted by Gasteiger charge is 2.23. The molecule has 29 heavy (non-hydrogen) atoms. The molecule has 1 atom stereocenters. The summed E-state index contributed by atoms with van der Waals surface area (Å²) < 4.78 is 10.9. The summed E-state index contributed by atoms with van der Waals surface area (Å²) in [6.45, 7) is 0.411. The third-order valence-corrected chi connectivity index (χ3v) is 4.16. The van der Waals surface area contributed by atoms with Gasteiger partial charge in [0.15, 0.2) is 6.04 Å². The molecular weight excluding hydrogens is 370 g/mol. The van der Waals surface area contributed by atoms with Crippen molar-refractivity contribution in [3.05, 3.63) is 102 Å². The minimum atomic E-state index is -1.25. The van der Waals surface area contributed by atoms with Crippen molar-refractivity contribution in [3.8, 4) is 5.75 Å². The monoisotopic (exact) mass is 391 g/mol. The van der Waals surface area contributed by atoms with Crippen LogP contribution in [-0.2, 0) is 22.7 Å². The van der Waals surface area contributed by atoms with E-state index in [4.69, 9.17) is 9.47 Å². The Morgan fingerprint density at radius 1 is 0.828 bits per heavy atom. The van der Waals surface area contributed by atoms with Gasteiger partial charge in [-0.25, -0.2) is 9.59 Å². The number of benzene rings is 3. The normalized spacial score (nSPS) is 11.3. The zero-order valence-corrected chi connectivity index (χ0v) is 15.7. The summed E-state index contributed by atoms with van der Waals surface area (Å²) in [5.74, 6) is -0.682. The number of amides is 1. The summed E-state index contributed by atoms with van der Waals surface area (Å²) >= 11 is 0. The van der Waals surface area contributed by atoms with Gasteiger partial charge in [-0.1, -0.05) is 72.8 Å². The highest BCUT2D eigenvalue weighted by molar-refractivity contribution is 5.81. The maximum Gasteiger partial charge on any atom is 0.408 e. The number of alkyl carbamates (subject to hydrolysis) is 1. The van der Waals surface area contributed by atoms with E-state index in [1.807, 2.05) is 60.7 Å². The van der Waals surface area contributed by atoms with Gasteiger partial charge in [0.05, 0.1) is 0 Å². The summed E-state index contributed by atoms with van der Waals surface area (Å²) in [7, 11) is 0. The molecule has 0 spiro atoms.